The molecule has 0 unspecified atom stereocenters. The summed E-state index contributed by atoms with van der Waals surface area (Å²) in [5, 5.41) is 0. The summed E-state index contributed by atoms with van der Waals surface area (Å²) in [6, 6.07) is 10.0. The van der Waals surface area contributed by atoms with Gasteiger partial charge in [-0.2, -0.15) is 11.8 Å². The number of imide groups is 1. The van der Waals surface area contributed by atoms with E-state index in [4.69, 9.17) is 0 Å². The van der Waals surface area contributed by atoms with Crippen LogP contribution < -0.4 is 4.90 Å². The zero-order valence-corrected chi connectivity index (χ0v) is 13.1. The molecule has 1 spiro atoms. The van der Waals surface area contributed by atoms with Gasteiger partial charge in [0, 0.05) is 38.0 Å². The molecule has 1 atom stereocenters. The maximum Gasteiger partial charge on any atom is 0.236 e. The van der Waals surface area contributed by atoms with Crippen LogP contribution in [0.25, 0.3) is 0 Å². The van der Waals surface area contributed by atoms with Crippen molar-refractivity contribution in [1.82, 2.24) is 4.90 Å². The lowest BCUT2D eigenvalue weighted by molar-refractivity contribution is -0.140. The number of carbonyl (C=O) groups is 2. The molecule has 3 rings (SSSR count). The van der Waals surface area contributed by atoms with E-state index in [2.05, 4.69) is 4.90 Å². The molecule has 0 aromatic heterocycles. The number of hydrogen-bond donors (Lipinski definition) is 0. The molecule has 4 nitrogen and oxygen atoms in total. The van der Waals surface area contributed by atoms with Crippen molar-refractivity contribution in [3.8, 4) is 0 Å². The fourth-order valence-corrected chi connectivity index (χ4v) is 4.50. The number of carbonyl (C=O) groups excluding carboxylic acids is 2. The summed E-state index contributed by atoms with van der Waals surface area (Å²) in [5.41, 5.74) is 0.718. The van der Waals surface area contributed by atoms with Gasteiger partial charge < -0.3 is 4.90 Å². The molecule has 2 heterocycles. The Morgan fingerprint density at radius 3 is 2.71 bits per heavy atom. The first-order valence-electron chi connectivity index (χ1n) is 7.31. The van der Waals surface area contributed by atoms with Gasteiger partial charge in [0.1, 0.15) is 0 Å². The smallest absolute Gasteiger partial charge is 0.236 e. The topological polar surface area (TPSA) is 40.6 Å². The molecule has 0 N–H and O–H groups in total. The van der Waals surface area contributed by atoms with Crippen LogP contribution in [0.3, 0.4) is 0 Å². The number of thioether (sulfide) groups is 1. The molecule has 5 heteroatoms. The Labute approximate surface area is 129 Å². The predicted molar refractivity (Wildman–Crippen MR) is 85.4 cm³/mol. The Hall–Kier alpha value is -1.49. The fraction of sp³-hybridized carbons (Fsp3) is 0.500. The van der Waals surface area contributed by atoms with Crippen molar-refractivity contribution in [2.24, 2.45) is 5.41 Å². The van der Waals surface area contributed by atoms with Crippen LogP contribution in [-0.4, -0.2) is 48.4 Å². The van der Waals surface area contributed by atoms with Crippen LogP contribution in [-0.2, 0) is 9.59 Å². The van der Waals surface area contributed by atoms with Crippen LogP contribution in [0.2, 0.25) is 0 Å². The van der Waals surface area contributed by atoms with Gasteiger partial charge in [-0.05, 0) is 24.3 Å². The minimum Gasteiger partial charge on any atom is -0.373 e. The molecule has 2 fully saturated rings. The zero-order valence-electron chi connectivity index (χ0n) is 12.2. The first kappa shape index (κ1) is 14.4. The van der Waals surface area contributed by atoms with Gasteiger partial charge in [-0.25, -0.2) is 0 Å². The quantitative estimate of drug-likeness (QED) is 0.798. The Kier molecular flexibility index (Phi) is 3.93. The van der Waals surface area contributed by atoms with Crippen molar-refractivity contribution in [1.29, 1.82) is 0 Å². The monoisotopic (exact) mass is 304 g/mol. The summed E-state index contributed by atoms with van der Waals surface area (Å²) in [5.74, 6) is 1.86. The third kappa shape index (κ3) is 2.67. The fourth-order valence-electron chi connectivity index (χ4n) is 3.06. The second-order valence-corrected chi connectivity index (χ2v) is 6.97. The van der Waals surface area contributed by atoms with E-state index in [0.29, 0.717) is 19.5 Å². The standard InChI is InChI=1S/C16H20N2O2S/c1-17(13-5-3-2-4-6-13)8-9-18-14(19)11-16(15(18)20)7-10-21-12-16/h2-6H,7-12H2,1H3/t16-/m0/s1. The number of likely N-dealkylation sites (N-methyl/N-ethyl adjacent to an activating group) is 1. The summed E-state index contributed by atoms with van der Waals surface area (Å²) in [6.07, 6.45) is 1.27. The number of likely N-dealkylation sites (tertiary alicyclic amines) is 1. The zero-order chi connectivity index (χ0) is 14.9. The summed E-state index contributed by atoms with van der Waals surface area (Å²) < 4.78 is 0. The second kappa shape index (κ2) is 5.72. The molecule has 1 aromatic carbocycles. The van der Waals surface area contributed by atoms with E-state index < -0.39 is 0 Å². The van der Waals surface area contributed by atoms with Crippen LogP contribution in [0.5, 0.6) is 0 Å². The number of rotatable bonds is 4. The van der Waals surface area contributed by atoms with Crippen molar-refractivity contribution >= 4 is 29.3 Å². The van der Waals surface area contributed by atoms with E-state index in [1.165, 1.54) is 4.90 Å². The molecule has 0 aliphatic carbocycles. The summed E-state index contributed by atoms with van der Waals surface area (Å²) in [6.45, 7) is 1.15. The summed E-state index contributed by atoms with van der Waals surface area (Å²) in [4.78, 5) is 28.3. The third-order valence-electron chi connectivity index (χ3n) is 4.45. The van der Waals surface area contributed by atoms with Crippen LogP contribution in [0, 0.1) is 5.41 Å². The Morgan fingerprint density at radius 1 is 1.29 bits per heavy atom. The van der Waals surface area contributed by atoms with Gasteiger partial charge in [0.05, 0.1) is 5.41 Å². The molecule has 2 amide bonds. The maximum absolute atomic E-state index is 12.6. The van der Waals surface area contributed by atoms with Crippen molar-refractivity contribution < 1.29 is 9.59 Å². The predicted octanol–water partition coefficient (Wildman–Crippen LogP) is 2.00. The van der Waals surface area contributed by atoms with Crippen molar-refractivity contribution in [3.05, 3.63) is 30.3 Å². The molecular formula is C16H20N2O2S. The molecule has 1 aromatic rings. The van der Waals surface area contributed by atoms with Crippen LogP contribution in [0.1, 0.15) is 12.8 Å². The van der Waals surface area contributed by atoms with Gasteiger partial charge in [0.25, 0.3) is 0 Å². The molecule has 0 radical (unpaired) electrons. The first-order chi connectivity index (χ1) is 10.1. The van der Waals surface area contributed by atoms with Crippen LogP contribution >= 0.6 is 11.8 Å². The molecule has 2 aliphatic heterocycles. The Bertz CT molecular complexity index is 540. The summed E-state index contributed by atoms with van der Waals surface area (Å²) >= 11 is 1.79. The van der Waals surface area contributed by atoms with E-state index in [9.17, 15) is 9.59 Å². The Morgan fingerprint density at radius 2 is 2.05 bits per heavy atom. The SMILES string of the molecule is CN(CCN1C(=O)C[C@]2(CCSC2)C1=O)c1ccccc1. The average Bonchev–Trinajstić information content (AvgIpc) is 3.05. The van der Waals surface area contributed by atoms with Gasteiger partial charge >= 0.3 is 0 Å². The van der Waals surface area contributed by atoms with Crippen molar-refractivity contribution in [2.45, 2.75) is 12.8 Å². The van der Waals surface area contributed by atoms with E-state index >= 15 is 0 Å². The highest BCUT2D eigenvalue weighted by atomic mass is 32.2. The highest BCUT2D eigenvalue weighted by molar-refractivity contribution is 7.99. The molecule has 21 heavy (non-hydrogen) atoms. The van der Waals surface area contributed by atoms with Gasteiger partial charge in [0.2, 0.25) is 11.8 Å². The highest BCUT2D eigenvalue weighted by Crippen LogP contribution is 2.44. The van der Waals surface area contributed by atoms with E-state index in [1.54, 1.807) is 11.8 Å². The number of nitrogens with zero attached hydrogens (tertiary/aromatic N) is 2. The molecule has 112 valence electrons. The van der Waals surface area contributed by atoms with Gasteiger partial charge in [-0.15, -0.1) is 0 Å². The van der Waals surface area contributed by atoms with Gasteiger partial charge in [0.15, 0.2) is 0 Å². The summed E-state index contributed by atoms with van der Waals surface area (Å²) in [7, 11) is 1.99. The lowest BCUT2D eigenvalue weighted by Crippen LogP contribution is -2.40. The number of para-hydroxylation sites is 1. The first-order valence-corrected chi connectivity index (χ1v) is 8.47. The maximum atomic E-state index is 12.6. The second-order valence-electron chi connectivity index (χ2n) is 5.87. The van der Waals surface area contributed by atoms with Gasteiger partial charge in [-0.1, -0.05) is 18.2 Å². The number of hydrogen-bond acceptors (Lipinski definition) is 4. The van der Waals surface area contributed by atoms with Crippen molar-refractivity contribution in [2.75, 3.05) is 36.5 Å². The van der Waals surface area contributed by atoms with E-state index in [0.717, 1.165) is 23.6 Å². The Balaban J connectivity index is 1.63. The lowest BCUT2D eigenvalue weighted by Gasteiger charge is -2.24. The van der Waals surface area contributed by atoms with Gasteiger partial charge in [-0.3, -0.25) is 14.5 Å². The molecule has 0 saturated carbocycles. The normalized spacial score (nSPS) is 25.1. The number of anilines is 1. The van der Waals surface area contributed by atoms with E-state index in [-0.39, 0.29) is 17.2 Å². The molecule has 2 aliphatic rings. The lowest BCUT2D eigenvalue weighted by atomic mass is 9.86. The number of benzene rings is 1. The van der Waals surface area contributed by atoms with E-state index in [1.807, 2.05) is 37.4 Å². The highest BCUT2D eigenvalue weighted by Gasteiger charge is 2.52. The third-order valence-corrected chi connectivity index (χ3v) is 5.70. The largest absolute Gasteiger partial charge is 0.373 e. The van der Waals surface area contributed by atoms with Crippen molar-refractivity contribution in [3.63, 3.8) is 0 Å². The van der Waals surface area contributed by atoms with Crippen LogP contribution in [0.15, 0.2) is 30.3 Å². The molecular weight excluding hydrogens is 284 g/mol. The minimum absolute atomic E-state index is 0.00367. The minimum atomic E-state index is -0.382. The molecule has 2 saturated heterocycles. The average molecular weight is 304 g/mol. The number of amides is 2. The molecule has 0 bridgehead atoms. The van der Waals surface area contributed by atoms with Crippen LogP contribution in [0.4, 0.5) is 5.69 Å².